The molecule has 1 aromatic rings. The van der Waals surface area contributed by atoms with Gasteiger partial charge in [-0.15, -0.1) is 11.5 Å². The molecule has 1 atom stereocenters. The zero-order valence-corrected chi connectivity index (χ0v) is 13.3. The molecule has 0 bridgehead atoms. The first-order valence-electron chi connectivity index (χ1n) is 6.89. The Balaban J connectivity index is 2.40. The first-order chi connectivity index (χ1) is 10.0. The van der Waals surface area contributed by atoms with Gasteiger partial charge < -0.3 is 9.84 Å². The molecule has 0 aliphatic carbocycles. The fraction of sp³-hybridized carbons (Fsp3) is 0.615. The van der Waals surface area contributed by atoms with Gasteiger partial charge >= 0.3 is 7.37 Å². The number of carbonyl (C=O) groups excluding carboxylic acids is 1. The molecule has 21 heavy (non-hydrogen) atoms. The second-order valence-corrected chi connectivity index (χ2v) is 6.56. The summed E-state index contributed by atoms with van der Waals surface area (Å²) in [7, 11) is -3.31. The third-order valence-electron chi connectivity index (χ3n) is 2.75. The van der Waals surface area contributed by atoms with Crippen molar-refractivity contribution in [3.63, 3.8) is 0 Å². The van der Waals surface area contributed by atoms with Crippen molar-refractivity contribution in [1.82, 2.24) is 20.3 Å². The summed E-state index contributed by atoms with van der Waals surface area (Å²) in [6.45, 7) is 4.82. The van der Waals surface area contributed by atoms with Gasteiger partial charge in [0.15, 0.2) is 5.44 Å². The Labute approximate surface area is 124 Å². The predicted molar refractivity (Wildman–Crippen MR) is 80.3 cm³/mol. The molecule has 1 rings (SSSR count). The topological polar surface area (TPSA) is 86.1 Å². The van der Waals surface area contributed by atoms with Crippen molar-refractivity contribution in [2.75, 3.05) is 13.2 Å². The van der Waals surface area contributed by atoms with E-state index in [0.29, 0.717) is 13.1 Å². The molecular formula is C13H21N4O3P. The van der Waals surface area contributed by atoms with E-state index in [1.165, 1.54) is 6.92 Å². The summed E-state index contributed by atoms with van der Waals surface area (Å²) in [5, 5.41) is 10.5. The minimum absolute atomic E-state index is 0.0168. The Morgan fingerprint density at radius 3 is 2.90 bits per heavy atom. The maximum Gasteiger partial charge on any atom is 0.324 e. The average molecular weight is 312 g/mol. The molecule has 1 heterocycles. The van der Waals surface area contributed by atoms with E-state index in [-0.39, 0.29) is 17.9 Å². The zero-order chi connectivity index (χ0) is 15.7. The highest BCUT2D eigenvalue weighted by molar-refractivity contribution is 7.71. The van der Waals surface area contributed by atoms with Gasteiger partial charge in [0, 0.05) is 20.0 Å². The lowest BCUT2D eigenvalue weighted by molar-refractivity contribution is -0.118. The van der Waals surface area contributed by atoms with E-state index in [1.807, 2.05) is 0 Å². The molecular weight excluding hydrogens is 291 g/mol. The summed E-state index contributed by atoms with van der Waals surface area (Å²) in [5.74, 6) is -0.0168. The summed E-state index contributed by atoms with van der Waals surface area (Å²) >= 11 is 0. The number of amides is 1. The van der Waals surface area contributed by atoms with Crippen molar-refractivity contribution in [3.8, 4) is 12.1 Å². The van der Waals surface area contributed by atoms with E-state index in [9.17, 15) is 9.36 Å². The molecule has 116 valence electrons. The Morgan fingerprint density at radius 2 is 2.29 bits per heavy atom. The van der Waals surface area contributed by atoms with Crippen LogP contribution in [0.5, 0.6) is 0 Å². The predicted octanol–water partition coefficient (Wildman–Crippen LogP) is 1.12. The van der Waals surface area contributed by atoms with Crippen LogP contribution in [0.3, 0.4) is 0 Å². The second-order valence-electron chi connectivity index (χ2n) is 4.48. The fourth-order valence-electron chi connectivity index (χ4n) is 1.72. The van der Waals surface area contributed by atoms with Gasteiger partial charge in [-0.3, -0.25) is 14.0 Å². The molecule has 0 aliphatic heterocycles. The van der Waals surface area contributed by atoms with E-state index in [0.717, 1.165) is 19.3 Å². The van der Waals surface area contributed by atoms with Crippen LogP contribution in [0, 0.1) is 12.1 Å². The van der Waals surface area contributed by atoms with Crippen LogP contribution in [0.15, 0.2) is 6.20 Å². The third-order valence-corrected chi connectivity index (χ3v) is 4.52. The van der Waals surface area contributed by atoms with Gasteiger partial charge in [0.05, 0.1) is 12.8 Å². The van der Waals surface area contributed by atoms with Gasteiger partial charge in [-0.05, 0) is 31.8 Å². The lowest BCUT2D eigenvalue weighted by Crippen LogP contribution is -2.20. The van der Waals surface area contributed by atoms with E-state index in [4.69, 9.17) is 10.9 Å². The summed E-state index contributed by atoms with van der Waals surface area (Å²) in [6, 6.07) is 0. The second kappa shape index (κ2) is 8.60. The van der Waals surface area contributed by atoms with Gasteiger partial charge in [0.1, 0.15) is 0 Å². The largest absolute Gasteiger partial charge is 0.356 e. The van der Waals surface area contributed by atoms with Gasteiger partial charge in [-0.25, -0.2) is 0 Å². The number of terminal acetylenes is 1. The summed E-state index contributed by atoms with van der Waals surface area (Å²) < 4.78 is 19.0. The van der Waals surface area contributed by atoms with Crippen LogP contribution < -0.4 is 10.8 Å². The highest BCUT2D eigenvalue weighted by Crippen LogP contribution is 2.42. The number of nitrogens with zero attached hydrogens (tertiary/aromatic N) is 3. The normalized spacial score (nSPS) is 13.4. The third kappa shape index (κ3) is 5.70. The summed E-state index contributed by atoms with van der Waals surface area (Å²) in [5.41, 5.74) is 2.39. The van der Waals surface area contributed by atoms with Crippen LogP contribution in [0.1, 0.15) is 33.1 Å². The lowest BCUT2D eigenvalue weighted by Gasteiger charge is -2.06. The summed E-state index contributed by atoms with van der Waals surface area (Å²) in [6.07, 6.45) is 9.58. The Kier molecular flexibility index (Phi) is 7.13. The molecule has 7 nitrogen and oxygen atoms in total. The zero-order valence-electron chi connectivity index (χ0n) is 12.4. The number of hydrogen-bond acceptors (Lipinski definition) is 5. The lowest BCUT2D eigenvalue weighted by atomic mass is 10.2. The standard InChI is InChI=1S/C13H21N4O3P/c1-4-20-21(19,5-2)13-11-17(16-15-13)10-8-6-7-9-14-12(3)18/h2,11H,4,6-10H2,1,3H3,(H,14,18). The van der Waals surface area contributed by atoms with Crippen molar-refractivity contribution < 1.29 is 13.9 Å². The van der Waals surface area contributed by atoms with Crippen molar-refractivity contribution in [2.45, 2.75) is 39.7 Å². The molecule has 1 N–H and O–H groups in total. The van der Waals surface area contributed by atoms with Gasteiger partial charge in [0.25, 0.3) is 0 Å². The highest BCUT2D eigenvalue weighted by atomic mass is 31.2. The Bertz CT molecular complexity index is 550. The van der Waals surface area contributed by atoms with E-state index in [2.05, 4.69) is 21.3 Å². The molecule has 0 fully saturated rings. The molecule has 0 aliphatic rings. The van der Waals surface area contributed by atoms with Crippen LogP contribution in [0.25, 0.3) is 0 Å². The molecule has 0 saturated carbocycles. The molecule has 0 saturated heterocycles. The number of hydrogen-bond donors (Lipinski definition) is 1. The first kappa shape index (κ1) is 17.4. The van der Waals surface area contributed by atoms with Crippen molar-refractivity contribution in [2.24, 2.45) is 0 Å². The number of nitrogens with one attached hydrogen (secondary N) is 1. The number of rotatable bonds is 9. The van der Waals surface area contributed by atoms with Crippen LogP contribution in [0.4, 0.5) is 0 Å². The minimum Gasteiger partial charge on any atom is -0.356 e. The molecule has 1 unspecified atom stereocenters. The molecule has 0 spiro atoms. The van der Waals surface area contributed by atoms with Gasteiger partial charge in [0.2, 0.25) is 5.91 Å². The quantitative estimate of drug-likeness (QED) is 0.419. The number of carbonyl (C=O) groups is 1. The first-order valence-corrected chi connectivity index (χ1v) is 8.52. The maximum atomic E-state index is 12.3. The van der Waals surface area contributed by atoms with Crippen LogP contribution >= 0.6 is 7.37 Å². The summed E-state index contributed by atoms with van der Waals surface area (Å²) in [4.78, 5) is 10.7. The van der Waals surface area contributed by atoms with Crippen molar-refractivity contribution in [3.05, 3.63) is 6.20 Å². The molecule has 1 aromatic heterocycles. The molecule has 0 aromatic carbocycles. The van der Waals surface area contributed by atoms with Crippen LogP contribution in [-0.2, 0) is 20.4 Å². The van der Waals surface area contributed by atoms with Crippen molar-refractivity contribution >= 4 is 18.7 Å². The highest BCUT2D eigenvalue weighted by Gasteiger charge is 2.26. The fourth-order valence-corrected chi connectivity index (χ4v) is 2.87. The maximum absolute atomic E-state index is 12.3. The number of unbranched alkanes of at least 4 members (excludes halogenated alkanes) is 2. The molecule has 0 radical (unpaired) electrons. The van der Waals surface area contributed by atoms with E-state index < -0.39 is 7.37 Å². The Morgan fingerprint density at radius 1 is 1.52 bits per heavy atom. The van der Waals surface area contributed by atoms with Gasteiger partial charge in [-0.1, -0.05) is 5.21 Å². The molecule has 1 amide bonds. The number of aryl methyl sites for hydroxylation is 1. The monoisotopic (exact) mass is 312 g/mol. The average Bonchev–Trinajstić information content (AvgIpc) is 2.92. The van der Waals surface area contributed by atoms with Crippen LogP contribution in [-0.4, -0.2) is 34.1 Å². The van der Waals surface area contributed by atoms with Crippen molar-refractivity contribution in [1.29, 1.82) is 0 Å². The van der Waals surface area contributed by atoms with E-state index in [1.54, 1.807) is 17.8 Å². The minimum atomic E-state index is -3.31. The SMILES string of the molecule is C#CP(=O)(OCC)c1cn(CCCCCNC(C)=O)nn1. The number of aromatic nitrogens is 3. The van der Waals surface area contributed by atoms with Gasteiger partial charge in [-0.2, -0.15) is 0 Å². The Hall–Kier alpha value is -1.64. The molecule has 8 heteroatoms. The van der Waals surface area contributed by atoms with E-state index >= 15 is 0 Å². The smallest absolute Gasteiger partial charge is 0.324 e. The van der Waals surface area contributed by atoms with Crippen LogP contribution in [0.2, 0.25) is 0 Å².